The number of anilines is 2. The van der Waals surface area contributed by atoms with Gasteiger partial charge in [-0.3, -0.25) is 4.79 Å². The second-order valence-corrected chi connectivity index (χ2v) is 5.84. The minimum atomic E-state index is 0. The number of amides is 1. The number of benzene rings is 2. The van der Waals surface area contributed by atoms with Crippen LogP contribution in [-0.4, -0.2) is 12.5 Å². The summed E-state index contributed by atoms with van der Waals surface area (Å²) in [5.41, 5.74) is 11.3. The molecule has 1 heterocycles. The maximum Gasteiger partial charge on any atom is 0.231 e. The predicted molar refractivity (Wildman–Crippen MR) is 98.3 cm³/mol. The highest BCUT2D eigenvalue weighted by molar-refractivity contribution is 5.96. The van der Waals surface area contributed by atoms with Gasteiger partial charge in [-0.25, -0.2) is 0 Å². The number of rotatable bonds is 3. The molecular formula is C19H23ClN2O. The number of nitrogens with two attached hydrogens (primary N) is 1. The number of aryl methyl sites for hydroxylation is 1. The molecule has 1 aliphatic heterocycles. The van der Waals surface area contributed by atoms with Gasteiger partial charge in [0.05, 0.1) is 6.42 Å². The Bertz CT molecular complexity index is 682. The van der Waals surface area contributed by atoms with E-state index in [0.717, 1.165) is 48.3 Å². The molecular weight excluding hydrogens is 308 g/mol. The largest absolute Gasteiger partial charge is 0.398 e. The standard InChI is InChI=1S/C19H22N2O.ClH/c1-2-14-8-10-15(11-9-14)13-19(22)21-12-4-5-16-17(20)6-3-7-18(16)21;/h3,6-11H,2,4-5,12-13,20H2,1H3;1H. The maximum atomic E-state index is 12.7. The summed E-state index contributed by atoms with van der Waals surface area (Å²) < 4.78 is 0. The fourth-order valence-electron chi connectivity index (χ4n) is 3.07. The first-order chi connectivity index (χ1) is 10.7. The zero-order valence-electron chi connectivity index (χ0n) is 13.4. The molecule has 122 valence electrons. The van der Waals surface area contributed by atoms with Gasteiger partial charge in [-0.15, -0.1) is 12.4 Å². The molecule has 4 heteroatoms. The van der Waals surface area contributed by atoms with Crippen LogP contribution in [-0.2, 0) is 24.1 Å². The lowest BCUT2D eigenvalue weighted by molar-refractivity contribution is -0.118. The van der Waals surface area contributed by atoms with Crippen molar-refractivity contribution < 1.29 is 4.79 Å². The lowest BCUT2D eigenvalue weighted by Crippen LogP contribution is -2.36. The van der Waals surface area contributed by atoms with Gasteiger partial charge in [-0.05, 0) is 48.1 Å². The number of nitrogen functional groups attached to an aromatic ring is 1. The van der Waals surface area contributed by atoms with Crippen molar-refractivity contribution in [3.63, 3.8) is 0 Å². The molecule has 2 aromatic rings. The van der Waals surface area contributed by atoms with Gasteiger partial charge in [0.1, 0.15) is 0 Å². The molecule has 1 aliphatic rings. The molecule has 0 saturated heterocycles. The number of halogens is 1. The molecule has 0 atom stereocenters. The molecule has 0 fully saturated rings. The fourth-order valence-corrected chi connectivity index (χ4v) is 3.07. The molecule has 3 nitrogen and oxygen atoms in total. The minimum Gasteiger partial charge on any atom is -0.398 e. The van der Waals surface area contributed by atoms with E-state index in [1.165, 1.54) is 5.56 Å². The highest BCUT2D eigenvalue weighted by Crippen LogP contribution is 2.31. The molecule has 1 amide bonds. The summed E-state index contributed by atoms with van der Waals surface area (Å²) in [7, 11) is 0. The van der Waals surface area contributed by atoms with Crippen LogP contribution in [0.1, 0.15) is 30.0 Å². The van der Waals surface area contributed by atoms with E-state index in [9.17, 15) is 4.79 Å². The Morgan fingerprint density at radius 3 is 2.52 bits per heavy atom. The predicted octanol–water partition coefficient (Wildman–Crippen LogP) is 3.77. The van der Waals surface area contributed by atoms with E-state index in [4.69, 9.17) is 5.73 Å². The molecule has 0 spiro atoms. The van der Waals surface area contributed by atoms with Crippen LogP contribution in [0.3, 0.4) is 0 Å². The van der Waals surface area contributed by atoms with Gasteiger partial charge < -0.3 is 10.6 Å². The summed E-state index contributed by atoms with van der Waals surface area (Å²) in [4.78, 5) is 14.6. The zero-order chi connectivity index (χ0) is 15.5. The van der Waals surface area contributed by atoms with Crippen LogP contribution in [0.15, 0.2) is 42.5 Å². The lowest BCUT2D eigenvalue weighted by atomic mass is 9.99. The number of nitrogens with zero attached hydrogens (tertiary/aromatic N) is 1. The zero-order valence-corrected chi connectivity index (χ0v) is 14.2. The second-order valence-electron chi connectivity index (χ2n) is 5.84. The molecule has 23 heavy (non-hydrogen) atoms. The summed E-state index contributed by atoms with van der Waals surface area (Å²) in [5.74, 6) is 0.149. The molecule has 0 bridgehead atoms. The normalized spacial score (nSPS) is 13.2. The van der Waals surface area contributed by atoms with Crippen LogP contribution in [0.5, 0.6) is 0 Å². The third kappa shape index (κ3) is 3.67. The topological polar surface area (TPSA) is 46.3 Å². The van der Waals surface area contributed by atoms with Gasteiger partial charge in [0.25, 0.3) is 0 Å². The molecule has 2 N–H and O–H groups in total. The van der Waals surface area contributed by atoms with Crippen LogP contribution in [0.2, 0.25) is 0 Å². The number of hydrogen-bond donors (Lipinski definition) is 1. The SMILES string of the molecule is CCc1ccc(CC(=O)N2CCCc3c(N)cccc32)cc1.Cl. The Kier molecular flexibility index (Phi) is 5.67. The van der Waals surface area contributed by atoms with E-state index in [1.807, 2.05) is 23.1 Å². The summed E-state index contributed by atoms with van der Waals surface area (Å²) in [6.07, 6.45) is 3.39. The lowest BCUT2D eigenvalue weighted by Gasteiger charge is -2.30. The number of carbonyl (C=O) groups is 1. The number of fused-ring (bicyclic) bond motifs is 1. The quantitative estimate of drug-likeness (QED) is 0.871. The Labute approximate surface area is 143 Å². The van der Waals surface area contributed by atoms with Crippen LogP contribution >= 0.6 is 12.4 Å². The maximum absolute atomic E-state index is 12.7. The van der Waals surface area contributed by atoms with E-state index in [2.05, 4.69) is 31.2 Å². The van der Waals surface area contributed by atoms with Crippen LogP contribution in [0, 0.1) is 0 Å². The average Bonchev–Trinajstić information content (AvgIpc) is 2.55. The molecule has 0 aliphatic carbocycles. The van der Waals surface area contributed by atoms with Gasteiger partial charge in [0, 0.05) is 17.9 Å². The molecule has 0 saturated carbocycles. The molecule has 0 unspecified atom stereocenters. The van der Waals surface area contributed by atoms with Crippen molar-refractivity contribution in [1.82, 2.24) is 0 Å². The van der Waals surface area contributed by atoms with Crippen LogP contribution in [0.25, 0.3) is 0 Å². The van der Waals surface area contributed by atoms with Crippen LogP contribution < -0.4 is 10.6 Å². The summed E-state index contributed by atoms with van der Waals surface area (Å²) in [5, 5.41) is 0. The monoisotopic (exact) mass is 330 g/mol. The third-order valence-corrected chi connectivity index (χ3v) is 4.37. The van der Waals surface area contributed by atoms with E-state index in [1.54, 1.807) is 0 Å². The van der Waals surface area contributed by atoms with E-state index >= 15 is 0 Å². The first-order valence-corrected chi connectivity index (χ1v) is 7.94. The van der Waals surface area contributed by atoms with Crippen molar-refractivity contribution in [3.8, 4) is 0 Å². The minimum absolute atomic E-state index is 0. The number of carbonyl (C=O) groups excluding carboxylic acids is 1. The van der Waals surface area contributed by atoms with Gasteiger partial charge in [0.15, 0.2) is 0 Å². The third-order valence-electron chi connectivity index (χ3n) is 4.37. The first kappa shape index (κ1) is 17.4. The van der Waals surface area contributed by atoms with Crippen molar-refractivity contribution in [3.05, 3.63) is 59.2 Å². The molecule has 0 aromatic heterocycles. The smallest absolute Gasteiger partial charge is 0.231 e. The Morgan fingerprint density at radius 1 is 1.13 bits per heavy atom. The summed E-state index contributed by atoms with van der Waals surface area (Å²) in [6.45, 7) is 2.91. The van der Waals surface area contributed by atoms with E-state index in [0.29, 0.717) is 6.42 Å². The summed E-state index contributed by atoms with van der Waals surface area (Å²) >= 11 is 0. The van der Waals surface area contributed by atoms with Gasteiger partial charge in [0.2, 0.25) is 5.91 Å². The average molecular weight is 331 g/mol. The van der Waals surface area contributed by atoms with Crippen molar-refractivity contribution >= 4 is 29.7 Å². The highest BCUT2D eigenvalue weighted by Gasteiger charge is 2.23. The highest BCUT2D eigenvalue weighted by atomic mass is 35.5. The van der Waals surface area contributed by atoms with Gasteiger partial charge in [-0.1, -0.05) is 37.3 Å². The molecule has 0 radical (unpaired) electrons. The second kappa shape index (κ2) is 7.51. The molecule has 2 aromatic carbocycles. The van der Waals surface area contributed by atoms with E-state index in [-0.39, 0.29) is 18.3 Å². The van der Waals surface area contributed by atoms with E-state index < -0.39 is 0 Å². The van der Waals surface area contributed by atoms with Gasteiger partial charge >= 0.3 is 0 Å². The van der Waals surface area contributed by atoms with Crippen molar-refractivity contribution in [2.45, 2.75) is 32.6 Å². The summed E-state index contributed by atoms with van der Waals surface area (Å²) in [6, 6.07) is 14.2. The first-order valence-electron chi connectivity index (χ1n) is 7.94. The molecule has 3 rings (SSSR count). The number of hydrogen-bond acceptors (Lipinski definition) is 2. The van der Waals surface area contributed by atoms with Crippen molar-refractivity contribution in [2.75, 3.05) is 17.2 Å². The fraction of sp³-hybridized carbons (Fsp3) is 0.316. The Hall–Kier alpha value is -2.00. The van der Waals surface area contributed by atoms with Crippen molar-refractivity contribution in [2.24, 2.45) is 0 Å². The van der Waals surface area contributed by atoms with Gasteiger partial charge in [-0.2, -0.15) is 0 Å². The van der Waals surface area contributed by atoms with Crippen molar-refractivity contribution in [1.29, 1.82) is 0 Å². The van der Waals surface area contributed by atoms with Crippen LogP contribution in [0.4, 0.5) is 11.4 Å². The Balaban J connectivity index is 0.00000192. The Morgan fingerprint density at radius 2 is 1.83 bits per heavy atom.